The van der Waals surface area contributed by atoms with Crippen LogP contribution in [0.15, 0.2) is 23.8 Å². The Morgan fingerprint density at radius 1 is 1.24 bits per heavy atom. The normalized spacial score (nSPS) is 28.2. The number of nitrogens with zero attached hydrogens (tertiary/aromatic N) is 1. The van der Waals surface area contributed by atoms with E-state index in [1.54, 1.807) is 6.08 Å². The summed E-state index contributed by atoms with van der Waals surface area (Å²) in [4.78, 5) is 2.18. The summed E-state index contributed by atoms with van der Waals surface area (Å²) in [5, 5.41) is 0. The minimum absolute atomic E-state index is 0.149. The van der Waals surface area contributed by atoms with Crippen molar-refractivity contribution in [3.8, 4) is 0 Å². The second-order valence-electron chi connectivity index (χ2n) is 4.99. The Labute approximate surface area is 100.0 Å². The van der Waals surface area contributed by atoms with Crippen LogP contribution < -0.4 is 0 Å². The number of hydrogen-bond acceptors (Lipinski definition) is 1. The van der Waals surface area contributed by atoms with E-state index in [2.05, 4.69) is 4.90 Å². The molecule has 2 rings (SSSR count). The molecule has 0 aromatic heterocycles. The molecule has 1 aliphatic carbocycles. The largest absolute Gasteiger partial charge is 0.412 e. The summed E-state index contributed by atoms with van der Waals surface area (Å²) in [6, 6.07) is 0. The van der Waals surface area contributed by atoms with Gasteiger partial charge in [-0.15, -0.1) is 0 Å². The van der Waals surface area contributed by atoms with Crippen LogP contribution in [0.4, 0.5) is 13.2 Å². The highest BCUT2D eigenvalue weighted by Crippen LogP contribution is 2.41. The molecule has 1 unspecified atom stereocenters. The maximum Gasteiger partial charge on any atom is 0.412 e. The van der Waals surface area contributed by atoms with Crippen molar-refractivity contribution in [2.24, 2.45) is 11.8 Å². The first-order chi connectivity index (χ1) is 7.98. The molecule has 0 radical (unpaired) electrons. The molecule has 96 valence electrons. The van der Waals surface area contributed by atoms with Gasteiger partial charge in [-0.25, -0.2) is 0 Å². The van der Waals surface area contributed by atoms with E-state index in [9.17, 15) is 13.2 Å². The molecule has 0 spiro atoms. The number of rotatable bonds is 1. The second-order valence-corrected chi connectivity index (χ2v) is 4.99. The molecule has 1 atom stereocenters. The minimum atomic E-state index is -4.17. The molecule has 1 heterocycles. The number of hydrogen-bond donors (Lipinski definition) is 0. The van der Waals surface area contributed by atoms with Crippen LogP contribution in [0.25, 0.3) is 0 Å². The van der Waals surface area contributed by atoms with Crippen LogP contribution in [0.1, 0.15) is 19.3 Å². The van der Waals surface area contributed by atoms with E-state index >= 15 is 0 Å². The zero-order chi connectivity index (χ0) is 12.5. The monoisotopic (exact) mass is 245 g/mol. The predicted octanol–water partition coefficient (Wildman–Crippen LogP) is 3.39. The van der Waals surface area contributed by atoms with Gasteiger partial charge in [0.25, 0.3) is 0 Å². The van der Waals surface area contributed by atoms with Crippen molar-refractivity contribution in [2.45, 2.75) is 25.4 Å². The molecule has 1 saturated heterocycles. The molecular formula is C13H18F3N. The average Bonchev–Trinajstić information content (AvgIpc) is 2.29. The van der Waals surface area contributed by atoms with Crippen molar-refractivity contribution in [3.05, 3.63) is 23.8 Å². The van der Waals surface area contributed by atoms with E-state index < -0.39 is 12.1 Å². The Hall–Kier alpha value is -0.770. The quantitative estimate of drug-likeness (QED) is 0.640. The Morgan fingerprint density at radius 3 is 2.47 bits per heavy atom. The van der Waals surface area contributed by atoms with Gasteiger partial charge in [0.2, 0.25) is 0 Å². The lowest BCUT2D eigenvalue weighted by Gasteiger charge is -2.35. The Bertz CT molecular complexity index is 322. The zero-order valence-electron chi connectivity index (χ0n) is 10.0. The molecule has 17 heavy (non-hydrogen) atoms. The van der Waals surface area contributed by atoms with Gasteiger partial charge in [-0.3, -0.25) is 0 Å². The molecule has 2 aliphatic rings. The lowest BCUT2D eigenvalue weighted by molar-refractivity contribution is -0.101. The number of alkyl halides is 3. The van der Waals surface area contributed by atoms with Crippen LogP contribution >= 0.6 is 0 Å². The maximum atomic E-state index is 12.9. The fraction of sp³-hybridized carbons (Fsp3) is 0.692. The topological polar surface area (TPSA) is 3.24 Å². The van der Waals surface area contributed by atoms with Crippen molar-refractivity contribution in [1.29, 1.82) is 0 Å². The molecule has 0 aromatic carbocycles. The molecule has 0 bridgehead atoms. The molecule has 4 heteroatoms. The second kappa shape index (κ2) is 4.84. The lowest BCUT2D eigenvalue weighted by Crippen LogP contribution is -2.35. The van der Waals surface area contributed by atoms with Crippen LogP contribution in [0.3, 0.4) is 0 Å². The van der Waals surface area contributed by atoms with Gasteiger partial charge in [0.15, 0.2) is 0 Å². The zero-order valence-corrected chi connectivity index (χ0v) is 10.0. The van der Waals surface area contributed by atoms with E-state index in [4.69, 9.17) is 0 Å². The van der Waals surface area contributed by atoms with Crippen molar-refractivity contribution < 1.29 is 13.2 Å². The Kier molecular flexibility index (Phi) is 3.61. The first kappa shape index (κ1) is 12.7. The highest BCUT2D eigenvalue weighted by molar-refractivity contribution is 5.25. The summed E-state index contributed by atoms with van der Waals surface area (Å²) in [6.45, 7) is 1.81. The lowest BCUT2D eigenvalue weighted by atomic mass is 9.77. The van der Waals surface area contributed by atoms with Gasteiger partial charge >= 0.3 is 6.18 Å². The SMILES string of the molecule is CN1CCC(C2C=CCC=C2C(F)(F)F)CC1. The van der Waals surface area contributed by atoms with Crippen LogP contribution in [0, 0.1) is 11.8 Å². The van der Waals surface area contributed by atoms with Crippen molar-refractivity contribution in [2.75, 3.05) is 20.1 Å². The molecule has 0 saturated carbocycles. The van der Waals surface area contributed by atoms with Crippen LogP contribution in [-0.4, -0.2) is 31.2 Å². The van der Waals surface area contributed by atoms with Crippen molar-refractivity contribution in [1.82, 2.24) is 4.90 Å². The molecule has 1 aliphatic heterocycles. The van der Waals surface area contributed by atoms with Gasteiger partial charge in [-0.05, 0) is 45.3 Å². The summed E-state index contributed by atoms with van der Waals surface area (Å²) in [5.74, 6) is -0.270. The molecule has 1 fully saturated rings. The van der Waals surface area contributed by atoms with E-state index in [1.807, 2.05) is 13.1 Å². The molecule has 0 N–H and O–H groups in total. The van der Waals surface area contributed by atoms with Crippen LogP contribution in [0.2, 0.25) is 0 Å². The van der Waals surface area contributed by atoms with E-state index in [0.717, 1.165) is 25.9 Å². The standard InChI is InChI=1S/C13H18F3N/c1-17-8-6-10(7-9-17)11-4-2-3-5-12(11)13(14,15)16/h2,4-5,10-11H,3,6-9H2,1H3. The fourth-order valence-corrected chi connectivity index (χ4v) is 2.76. The summed E-state index contributed by atoms with van der Waals surface area (Å²) >= 11 is 0. The van der Waals surface area contributed by atoms with Gasteiger partial charge in [-0.2, -0.15) is 13.2 Å². The molecular weight excluding hydrogens is 227 g/mol. The van der Waals surface area contributed by atoms with Gasteiger partial charge < -0.3 is 4.90 Å². The van der Waals surface area contributed by atoms with E-state index in [-0.39, 0.29) is 11.5 Å². The summed E-state index contributed by atoms with van der Waals surface area (Å²) in [6.07, 6.45) is 2.94. The van der Waals surface area contributed by atoms with Gasteiger partial charge in [-0.1, -0.05) is 18.2 Å². The number of allylic oxidation sites excluding steroid dienone is 4. The predicted molar refractivity (Wildman–Crippen MR) is 61.6 cm³/mol. The summed E-state index contributed by atoms with van der Waals surface area (Å²) in [7, 11) is 2.02. The summed E-state index contributed by atoms with van der Waals surface area (Å²) < 4.78 is 38.7. The average molecular weight is 245 g/mol. The third-order valence-corrected chi connectivity index (χ3v) is 3.77. The van der Waals surface area contributed by atoms with Gasteiger partial charge in [0.05, 0.1) is 0 Å². The van der Waals surface area contributed by atoms with Gasteiger partial charge in [0.1, 0.15) is 0 Å². The molecule has 0 aromatic rings. The van der Waals surface area contributed by atoms with Crippen LogP contribution in [0.5, 0.6) is 0 Å². The third kappa shape index (κ3) is 2.92. The van der Waals surface area contributed by atoms with Gasteiger partial charge in [0, 0.05) is 11.5 Å². The Balaban J connectivity index is 2.10. The van der Waals surface area contributed by atoms with Crippen LogP contribution in [-0.2, 0) is 0 Å². The maximum absolute atomic E-state index is 12.9. The van der Waals surface area contributed by atoms with E-state index in [0.29, 0.717) is 6.42 Å². The Morgan fingerprint density at radius 2 is 1.88 bits per heavy atom. The smallest absolute Gasteiger partial charge is 0.306 e. The summed E-state index contributed by atoms with van der Waals surface area (Å²) in [5.41, 5.74) is -0.324. The van der Waals surface area contributed by atoms with E-state index in [1.165, 1.54) is 6.08 Å². The highest BCUT2D eigenvalue weighted by atomic mass is 19.4. The molecule has 0 amide bonds. The first-order valence-electron chi connectivity index (χ1n) is 6.11. The van der Waals surface area contributed by atoms with Crippen molar-refractivity contribution in [3.63, 3.8) is 0 Å². The third-order valence-electron chi connectivity index (χ3n) is 3.77. The number of halogens is 3. The first-order valence-corrected chi connectivity index (χ1v) is 6.11. The minimum Gasteiger partial charge on any atom is -0.306 e. The van der Waals surface area contributed by atoms with Crippen molar-refractivity contribution >= 4 is 0 Å². The number of piperidine rings is 1. The fourth-order valence-electron chi connectivity index (χ4n) is 2.76. The number of likely N-dealkylation sites (tertiary alicyclic amines) is 1. The highest BCUT2D eigenvalue weighted by Gasteiger charge is 2.41. The molecule has 1 nitrogen and oxygen atoms in total.